The number of nitrogens with one attached hydrogen (secondary N) is 1. The Morgan fingerprint density at radius 1 is 1.25 bits per heavy atom. The van der Waals surface area contributed by atoms with Gasteiger partial charge in [-0.15, -0.1) is 0 Å². The summed E-state index contributed by atoms with van der Waals surface area (Å²) in [4.78, 5) is 0. The molecular weight excluding hydrogens is 214 g/mol. The van der Waals surface area contributed by atoms with Crippen LogP contribution in [0.5, 0.6) is 0 Å². The first-order valence-electron chi connectivity index (χ1n) is 5.64. The fraction of sp³-hybridized carbons (Fsp3) is 0.286. The second-order valence-corrected chi connectivity index (χ2v) is 4.73. The summed E-state index contributed by atoms with van der Waals surface area (Å²) in [6.45, 7) is 6.24. The number of hydrogen-bond donors (Lipinski definition) is 1. The van der Waals surface area contributed by atoms with Crippen molar-refractivity contribution >= 4 is 11.3 Å². The summed E-state index contributed by atoms with van der Waals surface area (Å²) < 4.78 is 0. The predicted molar refractivity (Wildman–Crippen MR) is 71.9 cm³/mol. The topological polar surface area (TPSA) is 12.0 Å². The minimum absolute atomic E-state index is 0.946. The van der Waals surface area contributed by atoms with Gasteiger partial charge >= 0.3 is 0 Å². The molecule has 84 valence electrons. The molecule has 2 rings (SSSR count). The van der Waals surface area contributed by atoms with Crippen molar-refractivity contribution in [2.45, 2.75) is 20.4 Å². The van der Waals surface area contributed by atoms with E-state index in [9.17, 15) is 0 Å². The molecule has 0 radical (unpaired) electrons. The molecule has 0 spiro atoms. The Hall–Kier alpha value is -1.12. The van der Waals surface area contributed by atoms with Crippen molar-refractivity contribution in [3.05, 3.63) is 46.2 Å². The van der Waals surface area contributed by atoms with Crippen molar-refractivity contribution in [1.82, 2.24) is 5.32 Å². The Kier molecular flexibility index (Phi) is 3.75. The van der Waals surface area contributed by atoms with Gasteiger partial charge in [-0.2, -0.15) is 11.3 Å². The molecule has 0 atom stereocenters. The fourth-order valence-corrected chi connectivity index (χ4v) is 2.45. The van der Waals surface area contributed by atoms with Crippen LogP contribution in [0.2, 0.25) is 0 Å². The van der Waals surface area contributed by atoms with Crippen LogP contribution in [0, 0.1) is 6.92 Å². The Bertz CT molecular complexity index is 446. The van der Waals surface area contributed by atoms with Crippen LogP contribution in [0.15, 0.2) is 35.0 Å². The zero-order valence-corrected chi connectivity index (χ0v) is 10.6. The van der Waals surface area contributed by atoms with Crippen LogP contribution in [0.4, 0.5) is 0 Å². The second kappa shape index (κ2) is 5.28. The van der Waals surface area contributed by atoms with E-state index in [1.807, 2.05) is 0 Å². The molecule has 1 nitrogen and oxygen atoms in total. The molecular formula is C14H17NS. The van der Waals surface area contributed by atoms with Gasteiger partial charge < -0.3 is 5.32 Å². The highest BCUT2D eigenvalue weighted by molar-refractivity contribution is 7.08. The summed E-state index contributed by atoms with van der Waals surface area (Å²) in [5.74, 6) is 0. The first-order chi connectivity index (χ1) is 7.81. The minimum atomic E-state index is 0.946. The van der Waals surface area contributed by atoms with Crippen LogP contribution >= 0.6 is 11.3 Å². The lowest BCUT2D eigenvalue weighted by Crippen LogP contribution is -2.12. The van der Waals surface area contributed by atoms with Crippen LogP contribution in [-0.2, 0) is 6.54 Å². The van der Waals surface area contributed by atoms with Gasteiger partial charge in [-0.1, -0.05) is 30.7 Å². The number of rotatable bonds is 4. The molecule has 0 aliphatic rings. The molecule has 0 amide bonds. The van der Waals surface area contributed by atoms with Crippen molar-refractivity contribution in [2.24, 2.45) is 0 Å². The molecule has 0 aliphatic carbocycles. The Balaban J connectivity index is 2.37. The van der Waals surface area contributed by atoms with E-state index >= 15 is 0 Å². The summed E-state index contributed by atoms with van der Waals surface area (Å²) in [6, 6.07) is 8.87. The minimum Gasteiger partial charge on any atom is -0.313 e. The molecule has 16 heavy (non-hydrogen) atoms. The van der Waals surface area contributed by atoms with Gasteiger partial charge in [0.15, 0.2) is 0 Å². The molecule has 1 aromatic carbocycles. The largest absolute Gasteiger partial charge is 0.313 e. The normalized spacial score (nSPS) is 10.6. The Labute approximate surface area is 101 Å². The monoisotopic (exact) mass is 231 g/mol. The van der Waals surface area contributed by atoms with E-state index in [2.05, 4.69) is 54.2 Å². The lowest BCUT2D eigenvalue weighted by molar-refractivity contribution is 0.728. The van der Waals surface area contributed by atoms with Gasteiger partial charge in [0.2, 0.25) is 0 Å². The number of aryl methyl sites for hydroxylation is 1. The summed E-state index contributed by atoms with van der Waals surface area (Å²) in [5.41, 5.74) is 5.40. The van der Waals surface area contributed by atoms with Crippen molar-refractivity contribution in [2.75, 3.05) is 6.54 Å². The third-order valence-electron chi connectivity index (χ3n) is 2.66. The Morgan fingerprint density at radius 3 is 2.81 bits per heavy atom. The first kappa shape index (κ1) is 11.4. The molecule has 0 aliphatic heterocycles. The molecule has 0 saturated heterocycles. The molecule has 0 bridgehead atoms. The third kappa shape index (κ3) is 2.52. The molecule has 2 aromatic rings. The van der Waals surface area contributed by atoms with E-state index in [-0.39, 0.29) is 0 Å². The number of benzene rings is 1. The highest BCUT2D eigenvalue weighted by Crippen LogP contribution is 2.26. The lowest BCUT2D eigenvalue weighted by Gasteiger charge is -2.10. The molecule has 1 aromatic heterocycles. The molecule has 1 heterocycles. The smallest absolute Gasteiger partial charge is 0.0211 e. The lowest BCUT2D eigenvalue weighted by atomic mass is 10.00. The van der Waals surface area contributed by atoms with Crippen molar-refractivity contribution in [1.29, 1.82) is 0 Å². The van der Waals surface area contributed by atoms with E-state index in [1.54, 1.807) is 11.3 Å². The first-order valence-corrected chi connectivity index (χ1v) is 6.58. The predicted octanol–water partition coefficient (Wildman–Crippen LogP) is 3.83. The summed E-state index contributed by atoms with van der Waals surface area (Å²) in [5, 5.41) is 7.74. The van der Waals surface area contributed by atoms with E-state index in [0.29, 0.717) is 0 Å². The maximum absolute atomic E-state index is 3.39. The Morgan fingerprint density at radius 2 is 2.12 bits per heavy atom. The average molecular weight is 231 g/mol. The van der Waals surface area contributed by atoms with E-state index in [4.69, 9.17) is 0 Å². The van der Waals surface area contributed by atoms with Crippen molar-refractivity contribution in [3.8, 4) is 11.1 Å². The quantitative estimate of drug-likeness (QED) is 0.843. The van der Waals surface area contributed by atoms with Gasteiger partial charge in [0, 0.05) is 6.54 Å². The van der Waals surface area contributed by atoms with Crippen molar-refractivity contribution < 1.29 is 0 Å². The van der Waals surface area contributed by atoms with Crippen LogP contribution in [0.3, 0.4) is 0 Å². The zero-order chi connectivity index (χ0) is 11.4. The third-order valence-corrected chi connectivity index (χ3v) is 3.35. The van der Waals surface area contributed by atoms with E-state index in [1.165, 1.54) is 22.3 Å². The maximum Gasteiger partial charge on any atom is 0.0211 e. The van der Waals surface area contributed by atoms with Gasteiger partial charge in [0.05, 0.1) is 0 Å². The number of hydrogen-bond acceptors (Lipinski definition) is 2. The summed E-state index contributed by atoms with van der Waals surface area (Å²) >= 11 is 1.75. The van der Waals surface area contributed by atoms with E-state index in [0.717, 1.165) is 13.1 Å². The van der Waals surface area contributed by atoms with Crippen LogP contribution in [-0.4, -0.2) is 6.54 Å². The van der Waals surface area contributed by atoms with Gasteiger partial charge in [-0.25, -0.2) is 0 Å². The van der Waals surface area contributed by atoms with Crippen LogP contribution < -0.4 is 5.32 Å². The summed E-state index contributed by atoms with van der Waals surface area (Å²) in [7, 11) is 0. The SMILES string of the molecule is CCNCc1ccc(C)cc1-c1ccsc1. The maximum atomic E-state index is 3.39. The van der Waals surface area contributed by atoms with Gasteiger partial charge in [-0.05, 0) is 47.0 Å². The molecule has 1 N–H and O–H groups in total. The van der Waals surface area contributed by atoms with Crippen LogP contribution in [0.25, 0.3) is 11.1 Å². The molecule has 0 fully saturated rings. The van der Waals surface area contributed by atoms with Gasteiger partial charge in [0.25, 0.3) is 0 Å². The number of thiophene rings is 1. The summed E-state index contributed by atoms with van der Waals surface area (Å²) in [6.07, 6.45) is 0. The highest BCUT2D eigenvalue weighted by atomic mass is 32.1. The molecule has 0 unspecified atom stereocenters. The van der Waals surface area contributed by atoms with Crippen LogP contribution in [0.1, 0.15) is 18.1 Å². The van der Waals surface area contributed by atoms with Gasteiger partial charge in [0.1, 0.15) is 0 Å². The standard InChI is InChI=1S/C14H17NS/c1-3-15-9-12-5-4-11(2)8-14(12)13-6-7-16-10-13/h4-8,10,15H,3,9H2,1-2H3. The molecule has 0 saturated carbocycles. The average Bonchev–Trinajstić information content (AvgIpc) is 2.80. The van der Waals surface area contributed by atoms with Crippen molar-refractivity contribution in [3.63, 3.8) is 0 Å². The van der Waals surface area contributed by atoms with Gasteiger partial charge in [-0.3, -0.25) is 0 Å². The van der Waals surface area contributed by atoms with E-state index < -0.39 is 0 Å². The highest BCUT2D eigenvalue weighted by Gasteiger charge is 2.05. The fourth-order valence-electron chi connectivity index (χ4n) is 1.79. The molecule has 2 heteroatoms. The zero-order valence-electron chi connectivity index (χ0n) is 9.79. The second-order valence-electron chi connectivity index (χ2n) is 3.95.